The number of aromatic nitrogens is 1. The van der Waals surface area contributed by atoms with Crippen molar-refractivity contribution >= 4 is 11.7 Å². The Labute approximate surface area is 152 Å². The Bertz CT molecular complexity index is 825. The van der Waals surface area contributed by atoms with Gasteiger partial charge in [-0.2, -0.15) is 0 Å². The Morgan fingerprint density at radius 3 is 2.81 bits per heavy atom. The van der Waals surface area contributed by atoms with Crippen molar-refractivity contribution in [1.29, 1.82) is 0 Å². The number of nitrogens with one attached hydrogen (secondary N) is 1. The molecule has 2 aliphatic heterocycles. The summed E-state index contributed by atoms with van der Waals surface area (Å²) in [6, 6.07) is 10.1. The highest BCUT2D eigenvalue weighted by molar-refractivity contribution is 6.01. The molecule has 136 valence electrons. The SMILES string of the molecule is CCC1(C)CNC2N(C1)C(=O)c1cccnc1N2Cc1ccc(F)cc1. The summed E-state index contributed by atoms with van der Waals surface area (Å²) in [5.41, 5.74) is 1.64. The summed E-state index contributed by atoms with van der Waals surface area (Å²) >= 11 is 0. The number of rotatable bonds is 3. The van der Waals surface area contributed by atoms with Gasteiger partial charge in [-0.25, -0.2) is 9.37 Å². The van der Waals surface area contributed by atoms with Crippen molar-refractivity contribution in [3.8, 4) is 0 Å². The highest BCUT2D eigenvalue weighted by atomic mass is 19.1. The second-order valence-corrected chi connectivity index (χ2v) is 7.48. The van der Waals surface area contributed by atoms with Gasteiger partial charge in [-0.3, -0.25) is 10.1 Å². The third-order valence-electron chi connectivity index (χ3n) is 5.52. The van der Waals surface area contributed by atoms with Crippen molar-refractivity contribution in [2.75, 3.05) is 18.0 Å². The summed E-state index contributed by atoms with van der Waals surface area (Å²) < 4.78 is 13.3. The lowest BCUT2D eigenvalue weighted by Gasteiger charge is -2.52. The lowest BCUT2D eigenvalue weighted by atomic mass is 9.84. The van der Waals surface area contributed by atoms with Gasteiger partial charge in [0.1, 0.15) is 11.6 Å². The summed E-state index contributed by atoms with van der Waals surface area (Å²) in [6.45, 7) is 6.44. The van der Waals surface area contributed by atoms with Crippen molar-refractivity contribution < 1.29 is 9.18 Å². The molecule has 2 unspecified atom stereocenters. The number of hydrogen-bond donors (Lipinski definition) is 1. The number of fused-ring (bicyclic) bond motifs is 2. The number of nitrogens with zero attached hydrogens (tertiary/aromatic N) is 3. The Morgan fingerprint density at radius 1 is 1.31 bits per heavy atom. The highest BCUT2D eigenvalue weighted by Gasteiger charge is 2.44. The maximum absolute atomic E-state index is 13.3. The zero-order valence-electron chi connectivity index (χ0n) is 15.1. The Balaban J connectivity index is 1.72. The van der Waals surface area contributed by atoms with E-state index in [2.05, 4.69) is 29.0 Å². The van der Waals surface area contributed by atoms with Crippen LogP contribution in [0, 0.1) is 11.2 Å². The van der Waals surface area contributed by atoms with E-state index in [0.29, 0.717) is 24.5 Å². The quantitative estimate of drug-likeness (QED) is 0.921. The second kappa shape index (κ2) is 6.36. The molecule has 1 N–H and O–H groups in total. The predicted octanol–water partition coefficient (Wildman–Crippen LogP) is 2.99. The minimum absolute atomic E-state index is 0.0142. The van der Waals surface area contributed by atoms with Crippen LogP contribution in [0.25, 0.3) is 0 Å². The van der Waals surface area contributed by atoms with E-state index >= 15 is 0 Å². The first-order valence-electron chi connectivity index (χ1n) is 9.01. The van der Waals surface area contributed by atoms with Crippen molar-refractivity contribution in [3.05, 3.63) is 59.5 Å². The number of hydrogen-bond acceptors (Lipinski definition) is 4. The van der Waals surface area contributed by atoms with Gasteiger partial charge in [-0.1, -0.05) is 26.0 Å². The Hall–Kier alpha value is -2.47. The predicted molar refractivity (Wildman–Crippen MR) is 98.0 cm³/mol. The Morgan fingerprint density at radius 2 is 2.08 bits per heavy atom. The molecule has 0 aliphatic carbocycles. The molecule has 0 bridgehead atoms. The van der Waals surface area contributed by atoms with Crippen LogP contribution < -0.4 is 10.2 Å². The monoisotopic (exact) mass is 354 g/mol. The summed E-state index contributed by atoms with van der Waals surface area (Å²) in [4.78, 5) is 21.5. The fourth-order valence-electron chi connectivity index (χ4n) is 3.71. The minimum Gasteiger partial charge on any atom is -0.318 e. The first-order valence-corrected chi connectivity index (χ1v) is 9.01. The average Bonchev–Trinajstić information content (AvgIpc) is 2.67. The van der Waals surface area contributed by atoms with Gasteiger partial charge in [0.15, 0.2) is 6.29 Å². The molecule has 3 heterocycles. The van der Waals surface area contributed by atoms with Crippen LogP contribution in [0.2, 0.25) is 0 Å². The smallest absolute Gasteiger partial charge is 0.260 e. The van der Waals surface area contributed by atoms with E-state index in [0.717, 1.165) is 18.5 Å². The fourth-order valence-corrected chi connectivity index (χ4v) is 3.71. The highest BCUT2D eigenvalue weighted by Crippen LogP contribution is 2.35. The van der Waals surface area contributed by atoms with Gasteiger partial charge in [0.25, 0.3) is 5.91 Å². The minimum atomic E-state index is -0.253. The number of pyridine rings is 1. The van der Waals surface area contributed by atoms with Crippen LogP contribution in [-0.4, -0.2) is 35.2 Å². The summed E-state index contributed by atoms with van der Waals surface area (Å²) in [6.07, 6.45) is 2.46. The molecule has 4 rings (SSSR count). The average molecular weight is 354 g/mol. The van der Waals surface area contributed by atoms with Crippen LogP contribution >= 0.6 is 0 Å². The second-order valence-electron chi connectivity index (χ2n) is 7.48. The van der Waals surface area contributed by atoms with E-state index in [1.54, 1.807) is 24.4 Å². The topological polar surface area (TPSA) is 48.5 Å². The molecule has 1 fully saturated rings. The van der Waals surface area contributed by atoms with E-state index in [4.69, 9.17) is 0 Å². The number of halogens is 1. The molecule has 6 heteroatoms. The Kier molecular flexibility index (Phi) is 4.15. The van der Waals surface area contributed by atoms with Crippen LogP contribution in [0.5, 0.6) is 0 Å². The molecular formula is C20H23FN4O. The maximum atomic E-state index is 13.3. The van der Waals surface area contributed by atoms with Crippen LogP contribution in [0.3, 0.4) is 0 Å². The van der Waals surface area contributed by atoms with Crippen molar-refractivity contribution in [2.24, 2.45) is 5.41 Å². The van der Waals surface area contributed by atoms with Gasteiger partial charge in [0, 0.05) is 25.8 Å². The molecule has 0 radical (unpaired) electrons. The van der Waals surface area contributed by atoms with Crippen LogP contribution in [0.4, 0.5) is 10.2 Å². The number of carbonyl (C=O) groups excluding carboxylic acids is 1. The molecule has 5 nitrogen and oxygen atoms in total. The van der Waals surface area contributed by atoms with Crippen LogP contribution in [0.1, 0.15) is 36.2 Å². The standard InChI is InChI=1S/C20H23FN4O/c1-3-20(2)12-23-19-24(11-14-6-8-15(21)9-7-14)17-16(5-4-10-22-17)18(26)25(19)13-20/h4-10,19,23H,3,11-13H2,1-2H3. The molecule has 1 aromatic carbocycles. The largest absolute Gasteiger partial charge is 0.318 e. The third kappa shape index (κ3) is 2.84. The van der Waals surface area contributed by atoms with Crippen LogP contribution in [0.15, 0.2) is 42.6 Å². The number of carbonyl (C=O) groups is 1. The molecule has 26 heavy (non-hydrogen) atoms. The zero-order valence-corrected chi connectivity index (χ0v) is 15.1. The van der Waals surface area contributed by atoms with Crippen molar-refractivity contribution in [3.63, 3.8) is 0 Å². The molecular weight excluding hydrogens is 331 g/mol. The molecule has 2 aromatic rings. The van der Waals surface area contributed by atoms with Gasteiger partial charge in [-0.05, 0) is 41.7 Å². The van der Waals surface area contributed by atoms with Crippen molar-refractivity contribution in [2.45, 2.75) is 33.1 Å². The van der Waals surface area contributed by atoms with E-state index in [-0.39, 0.29) is 23.4 Å². The first kappa shape index (κ1) is 17.0. The molecule has 2 atom stereocenters. The van der Waals surface area contributed by atoms with Gasteiger partial charge < -0.3 is 9.80 Å². The molecule has 0 saturated carbocycles. The van der Waals surface area contributed by atoms with Crippen LogP contribution in [-0.2, 0) is 6.54 Å². The van der Waals surface area contributed by atoms with E-state index in [1.807, 2.05) is 11.0 Å². The fraction of sp³-hybridized carbons (Fsp3) is 0.400. The summed E-state index contributed by atoms with van der Waals surface area (Å²) in [7, 11) is 0. The lowest BCUT2D eigenvalue weighted by molar-refractivity contribution is 0.0252. The van der Waals surface area contributed by atoms with Gasteiger partial charge in [0.2, 0.25) is 0 Å². The molecule has 0 spiro atoms. The third-order valence-corrected chi connectivity index (χ3v) is 5.52. The summed E-state index contributed by atoms with van der Waals surface area (Å²) in [5.74, 6) is 0.438. The lowest BCUT2D eigenvalue weighted by Crippen LogP contribution is -2.69. The van der Waals surface area contributed by atoms with Gasteiger partial charge >= 0.3 is 0 Å². The molecule has 2 aliphatic rings. The van der Waals surface area contributed by atoms with Gasteiger partial charge in [0.05, 0.1) is 5.56 Å². The molecule has 1 aromatic heterocycles. The normalized spacial score (nSPS) is 25.0. The van der Waals surface area contributed by atoms with E-state index < -0.39 is 0 Å². The van der Waals surface area contributed by atoms with Gasteiger partial charge in [-0.15, -0.1) is 0 Å². The van der Waals surface area contributed by atoms with Crippen molar-refractivity contribution in [1.82, 2.24) is 15.2 Å². The molecule has 1 saturated heterocycles. The maximum Gasteiger partial charge on any atom is 0.260 e. The first-order chi connectivity index (χ1) is 12.5. The summed E-state index contributed by atoms with van der Waals surface area (Å²) in [5, 5.41) is 3.53. The van der Waals surface area contributed by atoms with E-state index in [1.165, 1.54) is 12.1 Å². The number of anilines is 1. The zero-order chi connectivity index (χ0) is 18.3. The molecule has 1 amide bonds. The number of benzene rings is 1. The number of amides is 1. The van der Waals surface area contributed by atoms with E-state index in [9.17, 15) is 9.18 Å².